The summed E-state index contributed by atoms with van der Waals surface area (Å²) in [7, 11) is -3.88. The Bertz CT molecular complexity index is 1360. The van der Waals surface area contributed by atoms with Crippen LogP contribution in [0, 0.1) is 0 Å². The Balaban J connectivity index is 1.28. The summed E-state index contributed by atoms with van der Waals surface area (Å²) >= 11 is 7.13. The number of nitrogens with one attached hydrogen (secondary N) is 3. The number of urea groups is 1. The zero-order chi connectivity index (χ0) is 28.7. The van der Waals surface area contributed by atoms with E-state index in [4.69, 9.17) is 11.6 Å². The second-order valence-corrected chi connectivity index (χ2v) is 13.2. The van der Waals surface area contributed by atoms with Gasteiger partial charge in [-0.15, -0.1) is 11.3 Å². The van der Waals surface area contributed by atoms with Crippen molar-refractivity contribution in [2.45, 2.75) is 51.1 Å². The maximum atomic E-state index is 13.2. The van der Waals surface area contributed by atoms with E-state index in [2.05, 4.69) is 15.4 Å². The molecule has 13 heteroatoms. The Morgan fingerprint density at radius 2 is 1.95 bits per heavy atom. The molecule has 216 valence electrons. The van der Waals surface area contributed by atoms with Crippen LogP contribution in [0.25, 0.3) is 6.08 Å². The monoisotopic (exact) mass is 607 g/mol. The molecule has 2 saturated heterocycles. The van der Waals surface area contributed by atoms with Crippen LogP contribution in [0.5, 0.6) is 0 Å². The molecule has 40 heavy (non-hydrogen) atoms. The molecule has 2 aromatic rings. The number of likely N-dealkylation sites (tertiary alicyclic amines) is 2. The molecular weight excluding hydrogens is 574 g/mol. The van der Waals surface area contributed by atoms with Gasteiger partial charge in [0.25, 0.3) is 0 Å². The van der Waals surface area contributed by atoms with Crippen LogP contribution in [0.4, 0.5) is 10.5 Å². The Morgan fingerprint density at radius 3 is 2.70 bits per heavy atom. The highest BCUT2D eigenvalue weighted by Gasteiger charge is 2.35. The van der Waals surface area contributed by atoms with Gasteiger partial charge in [0.2, 0.25) is 21.8 Å². The molecule has 4 rings (SSSR count). The third-order valence-corrected chi connectivity index (χ3v) is 9.26. The number of carbonyl (C=O) groups excluding carboxylic acids is 3. The van der Waals surface area contributed by atoms with Gasteiger partial charge >= 0.3 is 6.03 Å². The van der Waals surface area contributed by atoms with Gasteiger partial charge in [-0.25, -0.2) is 13.2 Å². The number of aryl methyl sites for hydroxylation is 1. The maximum Gasteiger partial charge on any atom is 0.319 e. The van der Waals surface area contributed by atoms with Gasteiger partial charge in [-0.1, -0.05) is 30.7 Å². The van der Waals surface area contributed by atoms with E-state index in [-0.39, 0.29) is 24.5 Å². The van der Waals surface area contributed by atoms with Gasteiger partial charge < -0.3 is 20.4 Å². The molecule has 0 aliphatic carbocycles. The van der Waals surface area contributed by atoms with E-state index in [1.165, 1.54) is 22.3 Å². The summed E-state index contributed by atoms with van der Waals surface area (Å²) in [5, 5.41) is 6.70. The Labute approximate surface area is 243 Å². The van der Waals surface area contributed by atoms with Crippen LogP contribution in [-0.4, -0.2) is 74.3 Å². The molecule has 0 radical (unpaired) electrons. The number of amides is 4. The second-order valence-electron chi connectivity index (χ2n) is 9.83. The average molecular weight is 608 g/mol. The van der Waals surface area contributed by atoms with E-state index in [1.54, 1.807) is 17.0 Å². The zero-order valence-corrected chi connectivity index (χ0v) is 24.7. The molecule has 3 heterocycles. The summed E-state index contributed by atoms with van der Waals surface area (Å²) < 4.78 is 28.1. The lowest BCUT2D eigenvalue weighted by atomic mass is 10.1. The maximum absolute atomic E-state index is 13.2. The minimum Gasteiger partial charge on any atom is -0.336 e. The fourth-order valence-corrected chi connectivity index (χ4v) is 6.97. The van der Waals surface area contributed by atoms with E-state index in [0.29, 0.717) is 47.4 Å². The minimum atomic E-state index is -3.88. The van der Waals surface area contributed by atoms with Gasteiger partial charge in [-0.2, -0.15) is 4.72 Å². The van der Waals surface area contributed by atoms with Crippen molar-refractivity contribution in [3.8, 4) is 0 Å². The quantitative estimate of drug-likeness (QED) is 0.380. The third kappa shape index (κ3) is 8.29. The third-order valence-electron chi connectivity index (χ3n) is 6.96. The van der Waals surface area contributed by atoms with E-state index in [9.17, 15) is 22.8 Å². The van der Waals surface area contributed by atoms with Crippen LogP contribution in [-0.2, 0) is 26.0 Å². The van der Waals surface area contributed by atoms with Crippen molar-refractivity contribution in [2.75, 3.05) is 31.5 Å². The van der Waals surface area contributed by atoms with Gasteiger partial charge in [-0.05, 0) is 68.0 Å². The van der Waals surface area contributed by atoms with Crippen molar-refractivity contribution in [3.05, 3.63) is 56.6 Å². The Morgan fingerprint density at radius 1 is 1.15 bits per heavy atom. The number of hydrogen-bond donors (Lipinski definition) is 3. The lowest BCUT2D eigenvalue weighted by molar-refractivity contribution is -0.143. The van der Waals surface area contributed by atoms with Crippen LogP contribution in [0.3, 0.4) is 0 Å². The number of piperidine rings is 1. The summed E-state index contributed by atoms with van der Waals surface area (Å²) in [6.45, 7) is 3.13. The minimum absolute atomic E-state index is 0.132. The molecule has 2 atom stereocenters. The molecule has 3 N–H and O–H groups in total. The van der Waals surface area contributed by atoms with Gasteiger partial charge in [0.15, 0.2) is 0 Å². The number of nitrogens with zero attached hydrogens (tertiary/aromatic N) is 2. The first kappa shape index (κ1) is 30.0. The highest BCUT2D eigenvalue weighted by molar-refractivity contribution is 7.92. The molecule has 2 aliphatic heterocycles. The highest BCUT2D eigenvalue weighted by Crippen LogP contribution is 2.23. The molecule has 1 aromatic heterocycles. The van der Waals surface area contributed by atoms with Gasteiger partial charge in [0, 0.05) is 41.6 Å². The first-order valence-corrected chi connectivity index (χ1v) is 16.1. The lowest BCUT2D eigenvalue weighted by Crippen LogP contribution is -2.55. The molecule has 0 bridgehead atoms. The summed E-state index contributed by atoms with van der Waals surface area (Å²) in [6, 6.07) is 9.55. The van der Waals surface area contributed by atoms with Gasteiger partial charge in [0.05, 0.1) is 10.9 Å². The summed E-state index contributed by atoms with van der Waals surface area (Å²) in [6.07, 6.45) is 4.77. The van der Waals surface area contributed by atoms with Crippen molar-refractivity contribution in [3.63, 3.8) is 0 Å². The number of hydrogen-bond acceptors (Lipinski definition) is 6. The number of anilines is 1. The second kappa shape index (κ2) is 13.6. The van der Waals surface area contributed by atoms with Crippen LogP contribution in [0.1, 0.15) is 43.0 Å². The van der Waals surface area contributed by atoms with Crippen LogP contribution < -0.4 is 15.4 Å². The van der Waals surface area contributed by atoms with E-state index >= 15 is 0 Å². The van der Waals surface area contributed by atoms with Crippen LogP contribution in [0.15, 0.2) is 41.8 Å². The molecule has 2 fully saturated rings. The van der Waals surface area contributed by atoms with Crippen molar-refractivity contribution >= 4 is 62.6 Å². The smallest absolute Gasteiger partial charge is 0.319 e. The predicted molar refractivity (Wildman–Crippen MR) is 158 cm³/mol. The fraction of sp³-hybridized carbons (Fsp3) is 0.444. The van der Waals surface area contributed by atoms with Crippen molar-refractivity contribution in [1.82, 2.24) is 19.8 Å². The van der Waals surface area contributed by atoms with Crippen molar-refractivity contribution in [1.29, 1.82) is 0 Å². The first-order chi connectivity index (χ1) is 19.1. The summed E-state index contributed by atoms with van der Waals surface area (Å²) in [4.78, 5) is 42.5. The van der Waals surface area contributed by atoms with Crippen LogP contribution >= 0.6 is 22.9 Å². The number of benzene rings is 1. The van der Waals surface area contributed by atoms with Crippen molar-refractivity contribution < 1.29 is 22.8 Å². The van der Waals surface area contributed by atoms with E-state index in [1.807, 2.05) is 31.2 Å². The molecule has 2 aliphatic rings. The molecule has 0 unspecified atom stereocenters. The zero-order valence-electron chi connectivity index (χ0n) is 22.3. The number of sulfonamides is 1. The summed E-state index contributed by atoms with van der Waals surface area (Å²) in [5.41, 5.74) is 1.82. The van der Waals surface area contributed by atoms with Gasteiger partial charge in [-0.3, -0.25) is 9.59 Å². The van der Waals surface area contributed by atoms with Crippen LogP contribution in [0.2, 0.25) is 4.34 Å². The normalized spacial score (nSPS) is 19.8. The highest BCUT2D eigenvalue weighted by atomic mass is 35.5. The molecule has 10 nitrogen and oxygen atoms in total. The summed E-state index contributed by atoms with van der Waals surface area (Å²) in [5.74, 6) is -0.634. The molecule has 0 saturated carbocycles. The van der Waals surface area contributed by atoms with E-state index in [0.717, 1.165) is 30.2 Å². The number of rotatable bonds is 10. The standard InChI is InChI=1S/C27H34ClN5O5S2/c1-2-19-6-3-7-20(16-19)30-27(36)29-17-21-8-4-14-33(21)25(34)18-32-13-5-9-23(26(32)35)31-40(37,38)15-12-22-10-11-24(28)39-22/h3,6-7,10-12,15-16,21,23,31H,2,4-5,8-9,13-14,17-18H2,1H3,(H2,29,30,36)/b15-12+/t21-,23-/m0/s1. The first-order valence-electron chi connectivity index (χ1n) is 13.3. The van der Waals surface area contributed by atoms with E-state index < -0.39 is 22.0 Å². The molecule has 0 spiro atoms. The molecule has 4 amide bonds. The fourth-order valence-electron chi connectivity index (χ4n) is 4.90. The Hall–Kier alpha value is -2.93. The number of thiophene rings is 1. The lowest BCUT2D eigenvalue weighted by Gasteiger charge is -2.34. The van der Waals surface area contributed by atoms with Gasteiger partial charge in [0.1, 0.15) is 6.04 Å². The van der Waals surface area contributed by atoms with Crippen molar-refractivity contribution in [2.24, 2.45) is 0 Å². The molecular formula is C27H34ClN5O5S2. The number of halogens is 1. The SMILES string of the molecule is CCc1cccc(NC(=O)NC[C@@H]2CCCN2C(=O)CN2CCC[C@H](NS(=O)(=O)/C=C/c3ccc(Cl)s3)C2=O)c1. The predicted octanol–water partition coefficient (Wildman–Crippen LogP) is 3.66. The average Bonchev–Trinajstić information content (AvgIpc) is 3.57. The topological polar surface area (TPSA) is 128 Å². The Kier molecular flexibility index (Phi) is 10.2. The number of carbonyl (C=O) groups is 3. The molecule has 1 aromatic carbocycles. The largest absolute Gasteiger partial charge is 0.336 e.